The van der Waals surface area contributed by atoms with Crippen LogP contribution >= 0.6 is 0 Å². The SMILES string of the molecule is Cc1ccc2cc(C(NN)c3cnccc3C)ccc2n1. The van der Waals surface area contributed by atoms with Crippen molar-refractivity contribution in [2.75, 3.05) is 0 Å². The highest BCUT2D eigenvalue weighted by Crippen LogP contribution is 2.26. The molecular formula is C17H18N4. The molecule has 2 aromatic heterocycles. The quantitative estimate of drug-likeness (QED) is 0.571. The first-order valence-corrected chi connectivity index (χ1v) is 6.93. The van der Waals surface area contributed by atoms with Crippen LogP contribution in [0.5, 0.6) is 0 Å². The molecule has 3 aromatic rings. The third-order valence-electron chi connectivity index (χ3n) is 3.74. The van der Waals surface area contributed by atoms with Gasteiger partial charge in [0.15, 0.2) is 0 Å². The number of aromatic nitrogens is 2. The van der Waals surface area contributed by atoms with Gasteiger partial charge in [-0.15, -0.1) is 0 Å². The van der Waals surface area contributed by atoms with Gasteiger partial charge >= 0.3 is 0 Å². The molecule has 3 N–H and O–H groups in total. The third kappa shape index (κ3) is 2.63. The smallest absolute Gasteiger partial charge is 0.0727 e. The molecule has 0 radical (unpaired) electrons. The number of aryl methyl sites for hydroxylation is 2. The Bertz CT molecular complexity index is 783. The summed E-state index contributed by atoms with van der Waals surface area (Å²) in [6.07, 6.45) is 3.65. The molecule has 0 spiro atoms. The first-order chi connectivity index (χ1) is 10.2. The normalized spacial score (nSPS) is 12.5. The lowest BCUT2D eigenvalue weighted by Gasteiger charge is -2.19. The predicted molar refractivity (Wildman–Crippen MR) is 84.6 cm³/mol. The van der Waals surface area contributed by atoms with Gasteiger partial charge in [-0.25, -0.2) is 5.43 Å². The number of hydrogen-bond donors (Lipinski definition) is 2. The van der Waals surface area contributed by atoms with Crippen molar-refractivity contribution in [3.8, 4) is 0 Å². The fraction of sp³-hybridized carbons (Fsp3) is 0.176. The van der Waals surface area contributed by atoms with Gasteiger partial charge in [0.1, 0.15) is 0 Å². The first kappa shape index (κ1) is 13.7. The Labute approximate surface area is 124 Å². The van der Waals surface area contributed by atoms with Crippen LogP contribution in [0.2, 0.25) is 0 Å². The lowest BCUT2D eigenvalue weighted by molar-refractivity contribution is 0.632. The van der Waals surface area contributed by atoms with E-state index in [1.807, 2.05) is 31.3 Å². The van der Waals surface area contributed by atoms with E-state index in [-0.39, 0.29) is 6.04 Å². The number of fused-ring (bicyclic) bond motifs is 1. The molecule has 1 atom stereocenters. The highest BCUT2D eigenvalue weighted by Gasteiger charge is 2.15. The number of benzene rings is 1. The Kier molecular flexibility index (Phi) is 3.64. The van der Waals surface area contributed by atoms with Gasteiger partial charge in [0.05, 0.1) is 11.6 Å². The molecule has 0 amide bonds. The molecule has 1 aromatic carbocycles. The van der Waals surface area contributed by atoms with E-state index in [1.54, 1.807) is 6.20 Å². The van der Waals surface area contributed by atoms with E-state index in [2.05, 4.69) is 40.5 Å². The number of hydrazine groups is 1. The molecule has 2 heterocycles. The minimum atomic E-state index is -0.0793. The molecule has 1 unspecified atom stereocenters. The van der Waals surface area contributed by atoms with Crippen molar-refractivity contribution in [2.45, 2.75) is 19.9 Å². The van der Waals surface area contributed by atoms with E-state index >= 15 is 0 Å². The molecule has 4 nitrogen and oxygen atoms in total. The minimum absolute atomic E-state index is 0.0793. The Morgan fingerprint density at radius 1 is 1.10 bits per heavy atom. The second-order valence-electron chi connectivity index (χ2n) is 5.24. The first-order valence-electron chi connectivity index (χ1n) is 6.93. The fourth-order valence-electron chi connectivity index (χ4n) is 2.57. The number of pyridine rings is 2. The zero-order chi connectivity index (χ0) is 14.8. The molecule has 0 bridgehead atoms. The Morgan fingerprint density at radius 3 is 2.71 bits per heavy atom. The molecular weight excluding hydrogens is 260 g/mol. The summed E-state index contributed by atoms with van der Waals surface area (Å²) in [6, 6.07) is 12.2. The van der Waals surface area contributed by atoms with Crippen LogP contribution in [0.3, 0.4) is 0 Å². The summed E-state index contributed by atoms with van der Waals surface area (Å²) in [5.74, 6) is 5.78. The predicted octanol–water partition coefficient (Wildman–Crippen LogP) is 2.80. The van der Waals surface area contributed by atoms with Gasteiger partial charge in [-0.2, -0.15) is 0 Å². The molecule has 4 heteroatoms. The number of rotatable bonds is 3. The summed E-state index contributed by atoms with van der Waals surface area (Å²) in [5, 5.41) is 1.11. The fourth-order valence-corrected chi connectivity index (χ4v) is 2.57. The van der Waals surface area contributed by atoms with E-state index in [0.29, 0.717) is 0 Å². The van der Waals surface area contributed by atoms with Gasteiger partial charge in [-0.3, -0.25) is 15.8 Å². The van der Waals surface area contributed by atoms with Gasteiger partial charge in [-0.1, -0.05) is 12.1 Å². The largest absolute Gasteiger partial charge is 0.271 e. The number of hydrogen-bond acceptors (Lipinski definition) is 4. The summed E-state index contributed by atoms with van der Waals surface area (Å²) in [6.45, 7) is 4.06. The van der Waals surface area contributed by atoms with Crippen LogP contribution in [-0.2, 0) is 0 Å². The summed E-state index contributed by atoms with van der Waals surface area (Å²) < 4.78 is 0. The van der Waals surface area contributed by atoms with E-state index in [9.17, 15) is 0 Å². The van der Waals surface area contributed by atoms with Crippen molar-refractivity contribution in [2.24, 2.45) is 5.84 Å². The lowest BCUT2D eigenvalue weighted by atomic mass is 9.96. The van der Waals surface area contributed by atoms with Crippen LogP contribution in [0.4, 0.5) is 0 Å². The Morgan fingerprint density at radius 2 is 1.95 bits per heavy atom. The topological polar surface area (TPSA) is 63.8 Å². The summed E-state index contributed by atoms with van der Waals surface area (Å²) in [4.78, 5) is 8.73. The van der Waals surface area contributed by atoms with Gasteiger partial charge in [-0.05, 0) is 54.8 Å². The van der Waals surface area contributed by atoms with Crippen molar-refractivity contribution in [1.82, 2.24) is 15.4 Å². The molecule has 0 saturated heterocycles. The number of nitrogens with zero attached hydrogens (tertiary/aromatic N) is 2. The van der Waals surface area contributed by atoms with Crippen LogP contribution < -0.4 is 11.3 Å². The zero-order valence-electron chi connectivity index (χ0n) is 12.2. The maximum atomic E-state index is 5.78. The van der Waals surface area contributed by atoms with E-state index < -0.39 is 0 Å². The summed E-state index contributed by atoms with van der Waals surface area (Å²) in [5.41, 5.74) is 8.26. The molecule has 0 aliphatic carbocycles. The maximum Gasteiger partial charge on any atom is 0.0727 e. The molecule has 106 valence electrons. The van der Waals surface area contributed by atoms with Gasteiger partial charge in [0, 0.05) is 23.5 Å². The van der Waals surface area contributed by atoms with Crippen LogP contribution in [0.15, 0.2) is 48.8 Å². The molecule has 0 aliphatic heterocycles. The van der Waals surface area contributed by atoms with Gasteiger partial charge in [0.25, 0.3) is 0 Å². The van der Waals surface area contributed by atoms with Crippen molar-refractivity contribution in [3.05, 3.63) is 71.2 Å². The number of nitrogens with two attached hydrogens (primary N) is 1. The highest BCUT2D eigenvalue weighted by molar-refractivity contribution is 5.79. The molecule has 0 saturated carbocycles. The molecule has 3 rings (SSSR count). The van der Waals surface area contributed by atoms with Crippen molar-refractivity contribution >= 4 is 10.9 Å². The van der Waals surface area contributed by atoms with Crippen LogP contribution in [0, 0.1) is 13.8 Å². The standard InChI is InChI=1S/C17H18N4/c1-11-7-8-19-10-15(11)17(21-18)14-5-6-16-13(9-14)4-3-12(2)20-16/h3-10,17,21H,18H2,1-2H3. The Balaban J connectivity index is 2.09. The maximum absolute atomic E-state index is 5.78. The number of nitrogens with one attached hydrogen (secondary N) is 1. The van der Waals surface area contributed by atoms with Crippen molar-refractivity contribution in [3.63, 3.8) is 0 Å². The molecule has 21 heavy (non-hydrogen) atoms. The third-order valence-corrected chi connectivity index (χ3v) is 3.74. The average molecular weight is 278 g/mol. The molecule has 0 fully saturated rings. The second-order valence-corrected chi connectivity index (χ2v) is 5.24. The van der Waals surface area contributed by atoms with E-state index in [0.717, 1.165) is 33.3 Å². The van der Waals surface area contributed by atoms with Crippen LogP contribution in [0.1, 0.15) is 28.4 Å². The highest BCUT2D eigenvalue weighted by atomic mass is 15.2. The summed E-state index contributed by atoms with van der Waals surface area (Å²) in [7, 11) is 0. The van der Waals surface area contributed by atoms with Crippen molar-refractivity contribution < 1.29 is 0 Å². The summed E-state index contributed by atoms with van der Waals surface area (Å²) >= 11 is 0. The molecule has 0 aliphatic rings. The van der Waals surface area contributed by atoms with Gasteiger partial charge < -0.3 is 0 Å². The van der Waals surface area contributed by atoms with Crippen LogP contribution in [-0.4, -0.2) is 9.97 Å². The van der Waals surface area contributed by atoms with Gasteiger partial charge in [0.2, 0.25) is 0 Å². The Hall–Kier alpha value is -2.30. The zero-order valence-corrected chi connectivity index (χ0v) is 12.2. The van der Waals surface area contributed by atoms with E-state index in [4.69, 9.17) is 5.84 Å². The monoisotopic (exact) mass is 278 g/mol. The average Bonchev–Trinajstić information content (AvgIpc) is 2.50. The second kappa shape index (κ2) is 5.60. The minimum Gasteiger partial charge on any atom is -0.271 e. The van der Waals surface area contributed by atoms with E-state index in [1.165, 1.54) is 0 Å². The van der Waals surface area contributed by atoms with Crippen LogP contribution in [0.25, 0.3) is 10.9 Å². The van der Waals surface area contributed by atoms with Crippen molar-refractivity contribution in [1.29, 1.82) is 0 Å². The lowest BCUT2D eigenvalue weighted by Crippen LogP contribution is -2.29.